The first kappa shape index (κ1) is 23.3. The average molecular weight is 467 g/mol. The second-order valence-electron chi connectivity index (χ2n) is 10.0. The van der Waals surface area contributed by atoms with Crippen molar-refractivity contribution in [3.63, 3.8) is 0 Å². The Balaban J connectivity index is 1.58. The molecule has 1 heterocycles. The molecular weight excluding hydrogens is 432 g/mol. The van der Waals surface area contributed by atoms with Gasteiger partial charge in [-0.05, 0) is 36.5 Å². The second kappa shape index (κ2) is 10.5. The summed E-state index contributed by atoms with van der Waals surface area (Å²) in [5, 5.41) is 0. The lowest BCUT2D eigenvalue weighted by Gasteiger charge is -2.39. The molecule has 0 unspecified atom stereocenters. The van der Waals surface area contributed by atoms with Crippen molar-refractivity contribution in [1.29, 1.82) is 0 Å². The molecule has 180 valence electrons. The van der Waals surface area contributed by atoms with Gasteiger partial charge in [0, 0.05) is 18.7 Å². The van der Waals surface area contributed by atoms with Crippen LogP contribution in [0.15, 0.2) is 96.0 Å². The van der Waals surface area contributed by atoms with Crippen molar-refractivity contribution >= 4 is 12.3 Å². The predicted molar refractivity (Wildman–Crippen MR) is 141 cm³/mol. The number of ether oxygens (including phenoxy) is 1. The molecule has 0 spiro atoms. The predicted octanol–water partition coefficient (Wildman–Crippen LogP) is 7.33. The summed E-state index contributed by atoms with van der Waals surface area (Å²) in [6.07, 6.45) is 8.04. The number of nitrogens with zero attached hydrogens (tertiary/aromatic N) is 2. The first-order chi connectivity index (χ1) is 17.1. The van der Waals surface area contributed by atoms with Crippen LogP contribution in [0.1, 0.15) is 67.9 Å². The molecule has 2 aliphatic rings. The molecule has 3 aromatic carbocycles. The van der Waals surface area contributed by atoms with Gasteiger partial charge in [0.15, 0.2) is 6.10 Å². The number of cyclic esters (lactones) is 1. The standard InChI is InChI=1S/C31H34N2O2/c1-31(22-24-14-6-2-7-15-24,23-32-27-20-12-5-13-21-27)33-28(25-16-8-3-9-17-25)29(35-30(33)34)26-18-10-4-11-19-26/h2-4,6-11,14-19,23,27-29H,5,12-13,20-22H2,1H3/t28-,29+,31+/m0/s1. The van der Waals surface area contributed by atoms with Crippen LogP contribution in [0, 0.1) is 0 Å². The molecule has 0 bridgehead atoms. The Kier molecular flexibility index (Phi) is 6.98. The molecule has 5 rings (SSSR count). The zero-order chi connectivity index (χ0) is 24.1. The fraction of sp³-hybridized carbons (Fsp3) is 0.355. The quantitative estimate of drug-likeness (QED) is 0.342. The van der Waals surface area contributed by atoms with Gasteiger partial charge in [-0.15, -0.1) is 0 Å². The maximum absolute atomic E-state index is 13.7. The second-order valence-corrected chi connectivity index (χ2v) is 10.0. The van der Waals surface area contributed by atoms with Gasteiger partial charge in [-0.25, -0.2) is 4.79 Å². The zero-order valence-electron chi connectivity index (χ0n) is 20.4. The minimum atomic E-state index is -0.639. The molecule has 0 radical (unpaired) electrons. The number of hydrogen-bond donors (Lipinski definition) is 0. The van der Waals surface area contributed by atoms with Gasteiger partial charge in [-0.1, -0.05) is 110 Å². The summed E-state index contributed by atoms with van der Waals surface area (Å²) in [5.74, 6) is 0. The van der Waals surface area contributed by atoms with Crippen LogP contribution in [0.4, 0.5) is 4.79 Å². The summed E-state index contributed by atoms with van der Waals surface area (Å²) in [6, 6.07) is 30.8. The van der Waals surface area contributed by atoms with Crippen LogP contribution in [0.25, 0.3) is 0 Å². The van der Waals surface area contributed by atoms with Crippen molar-refractivity contribution in [3.8, 4) is 0 Å². The minimum Gasteiger partial charge on any atom is -0.439 e. The smallest absolute Gasteiger partial charge is 0.411 e. The third-order valence-electron chi connectivity index (χ3n) is 7.35. The summed E-state index contributed by atoms with van der Waals surface area (Å²) in [6.45, 7) is 2.14. The van der Waals surface area contributed by atoms with Crippen molar-refractivity contribution in [2.75, 3.05) is 0 Å². The fourth-order valence-electron chi connectivity index (χ4n) is 5.57. The highest BCUT2D eigenvalue weighted by Gasteiger charge is 2.51. The van der Waals surface area contributed by atoms with Crippen LogP contribution in [-0.4, -0.2) is 28.8 Å². The number of carbonyl (C=O) groups is 1. The molecule has 1 aliphatic heterocycles. The normalized spacial score (nSPS) is 22.8. The van der Waals surface area contributed by atoms with Crippen LogP contribution in [-0.2, 0) is 11.2 Å². The highest BCUT2D eigenvalue weighted by molar-refractivity contribution is 5.81. The van der Waals surface area contributed by atoms with Crippen LogP contribution in [0.5, 0.6) is 0 Å². The molecule has 3 atom stereocenters. The maximum atomic E-state index is 13.7. The van der Waals surface area contributed by atoms with E-state index in [1.54, 1.807) is 0 Å². The van der Waals surface area contributed by atoms with E-state index in [1.165, 1.54) is 24.8 Å². The highest BCUT2D eigenvalue weighted by Crippen LogP contribution is 2.47. The molecule has 2 fully saturated rings. The Morgan fingerprint density at radius 1 is 0.857 bits per heavy atom. The number of amides is 1. The van der Waals surface area contributed by atoms with E-state index in [0.29, 0.717) is 12.5 Å². The SMILES string of the molecule is C[C@](C=NC1CCCCC1)(Cc1ccccc1)N1C(=O)O[C@H](c2ccccc2)[C@@H]1c1ccccc1. The van der Waals surface area contributed by atoms with Gasteiger partial charge in [0.25, 0.3) is 0 Å². The third kappa shape index (κ3) is 5.17. The number of benzene rings is 3. The molecular formula is C31H34N2O2. The fourth-order valence-corrected chi connectivity index (χ4v) is 5.57. The molecule has 0 N–H and O–H groups in total. The van der Waals surface area contributed by atoms with Crippen LogP contribution >= 0.6 is 0 Å². The van der Waals surface area contributed by atoms with Crippen molar-refractivity contribution in [3.05, 3.63) is 108 Å². The van der Waals surface area contributed by atoms with E-state index in [9.17, 15) is 4.79 Å². The molecule has 35 heavy (non-hydrogen) atoms. The monoisotopic (exact) mass is 466 g/mol. The van der Waals surface area contributed by atoms with Gasteiger partial charge >= 0.3 is 6.09 Å². The largest absolute Gasteiger partial charge is 0.439 e. The highest BCUT2D eigenvalue weighted by atomic mass is 16.6. The summed E-state index contributed by atoms with van der Waals surface area (Å²) >= 11 is 0. The van der Waals surface area contributed by atoms with Gasteiger partial charge in [-0.2, -0.15) is 0 Å². The molecule has 1 saturated heterocycles. The van der Waals surface area contributed by atoms with Crippen LogP contribution in [0.2, 0.25) is 0 Å². The maximum Gasteiger partial charge on any atom is 0.411 e. The number of hydrogen-bond acceptors (Lipinski definition) is 3. The van der Waals surface area contributed by atoms with Gasteiger partial charge in [0.1, 0.15) is 6.04 Å². The Bertz CT molecular complexity index is 1130. The number of carbonyl (C=O) groups excluding carboxylic acids is 1. The summed E-state index contributed by atoms with van der Waals surface area (Å²) in [4.78, 5) is 20.7. The van der Waals surface area contributed by atoms with E-state index in [-0.39, 0.29) is 18.2 Å². The van der Waals surface area contributed by atoms with Crippen molar-refractivity contribution in [1.82, 2.24) is 4.90 Å². The summed E-state index contributed by atoms with van der Waals surface area (Å²) in [7, 11) is 0. The van der Waals surface area contributed by atoms with Gasteiger partial charge in [-0.3, -0.25) is 9.89 Å². The van der Waals surface area contributed by atoms with Gasteiger partial charge < -0.3 is 4.74 Å². The molecule has 0 aromatic heterocycles. The van der Waals surface area contributed by atoms with E-state index in [2.05, 4.69) is 49.5 Å². The lowest BCUT2D eigenvalue weighted by atomic mass is 9.87. The van der Waals surface area contributed by atoms with Crippen LogP contribution < -0.4 is 0 Å². The van der Waals surface area contributed by atoms with Crippen molar-refractivity contribution in [2.45, 2.75) is 69.2 Å². The Hall–Kier alpha value is -3.40. The van der Waals surface area contributed by atoms with Gasteiger partial charge in [0.2, 0.25) is 0 Å². The molecule has 4 heteroatoms. The van der Waals surface area contributed by atoms with E-state index in [1.807, 2.05) is 59.5 Å². The first-order valence-corrected chi connectivity index (χ1v) is 12.8. The van der Waals surface area contributed by atoms with E-state index < -0.39 is 5.54 Å². The zero-order valence-corrected chi connectivity index (χ0v) is 20.4. The van der Waals surface area contributed by atoms with E-state index >= 15 is 0 Å². The minimum absolute atomic E-state index is 0.252. The Labute approximate surface area is 208 Å². The lowest BCUT2D eigenvalue weighted by Crippen LogP contribution is -2.51. The number of rotatable bonds is 7. The summed E-state index contributed by atoms with van der Waals surface area (Å²) in [5.41, 5.74) is 2.61. The van der Waals surface area contributed by atoms with Crippen molar-refractivity contribution < 1.29 is 9.53 Å². The Morgan fingerprint density at radius 3 is 2.06 bits per heavy atom. The molecule has 3 aromatic rings. The Morgan fingerprint density at radius 2 is 1.43 bits per heavy atom. The average Bonchev–Trinajstić information content (AvgIpc) is 3.27. The van der Waals surface area contributed by atoms with E-state index in [0.717, 1.165) is 24.0 Å². The molecule has 1 aliphatic carbocycles. The lowest BCUT2D eigenvalue weighted by molar-refractivity contribution is 0.124. The number of aliphatic imine (C=N–C) groups is 1. The molecule has 1 saturated carbocycles. The van der Waals surface area contributed by atoms with Crippen LogP contribution in [0.3, 0.4) is 0 Å². The topological polar surface area (TPSA) is 41.9 Å². The van der Waals surface area contributed by atoms with Crippen molar-refractivity contribution in [2.24, 2.45) is 4.99 Å². The van der Waals surface area contributed by atoms with E-state index in [4.69, 9.17) is 9.73 Å². The first-order valence-electron chi connectivity index (χ1n) is 12.8. The molecule has 4 nitrogen and oxygen atoms in total. The summed E-state index contributed by atoms with van der Waals surface area (Å²) < 4.78 is 6.13. The molecule has 1 amide bonds. The van der Waals surface area contributed by atoms with Gasteiger partial charge in [0.05, 0.1) is 5.54 Å². The third-order valence-corrected chi connectivity index (χ3v) is 7.35.